The Kier molecular flexibility index (Phi) is 3.98. The molecule has 0 heterocycles. The molecule has 0 aliphatic heterocycles. The normalized spacial score (nSPS) is 14.4. The van der Waals surface area contributed by atoms with E-state index in [1.807, 2.05) is 49.4 Å². The van der Waals surface area contributed by atoms with Crippen LogP contribution in [-0.4, -0.2) is 11.1 Å². The van der Waals surface area contributed by atoms with Crippen molar-refractivity contribution in [3.63, 3.8) is 0 Å². The van der Waals surface area contributed by atoms with Crippen LogP contribution in [-0.2, 0) is 10.1 Å². The second-order valence-corrected chi connectivity index (χ2v) is 6.00. The molecule has 0 saturated heterocycles. The molecule has 0 bridgehead atoms. The fourth-order valence-corrected chi connectivity index (χ4v) is 3.18. The topological polar surface area (TPSA) is 63.3 Å². The van der Waals surface area contributed by atoms with Gasteiger partial charge in [-0.15, -0.1) is 0 Å². The fraction of sp³-hybridized carbons (Fsp3) is 0.133. The summed E-state index contributed by atoms with van der Waals surface area (Å²) in [7, 11) is -0.0166. The molecule has 4 heteroatoms. The van der Waals surface area contributed by atoms with E-state index in [0.29, 0.717) is 5.56 Å². The summed E-state index contributed by atoms with van der Waals surface area (Å²) in [6.45, 7) is 1.97. The molecule has 0 spiro atoms. The van der Waals surface area contributed by atoms with Gasteiger partial charge in [-0.05, 0) is 23.4 Å². The largest absolute Gasteiger partial charge is 0.479 e. The summed E-state index contributed by atoms with van der Waals surface area (Å²) < 4.78 is 0. The van der Waals surface area contributed by atoms with Crippen molar-refractivity contribution in [2.45, 2.75) is 12.2 Å². The molecule has 2 aromatic rings. The van der Waals surface area contributed by atoms with Gasteiger partial charge >= 0.3 is 5.97 Å². The van der Waals surface area contributed by atoms with E-state index in [1.54, 1.807) is 12.1 Å². The molecule has 98 valence electrons. The minimum atomic E-state index is -1.37. The number of aryl methyl sites for hydroxylation is 1. The summed E-state index contributed by atoms with van der Waals surface area (Å²) >= 11 is 0. The molecule has 0 aliphatic carbocycles. The van der Waals surface area contributed by atoms with Crippen molar-refractivity contribution < 1.29 is 9.90 Å². The fourth-order valence-electron chi connectivity index (χ4n) is 1.88. The molecule has 0 saturated carbocycles. The highest BCUT2D eigenvalue weighted by atomic mass is 31.1. The van der Waals surface area contributed by atoms with E-state index in [4.69, 9.17) is 5.73 Å². The molecule has 2 rings (SSSR count). The minimum Gasteiger partial charge on any atom is -0.479 e. The van der Waals surface area contributed by atoms with Gasteiger partial charge in [0.2, 0.25) is 0 Å². The Labute approximate surface area is 114 Å². The lowest BCUT2D eigenvalue weighted by molar-refractivity contribution is -0.140. The van der Waals surface area contributed by atoms with Crippen molar-refractivity contribution in [1.29, 1.82) is 0 Å². The van der Waals surface area contributed by atoms with Crippen LogP contribution >= 0.6 is 8.58 Å². The summed E-state index contributed by atoms with van der Waals surface area (Å²) in [5.74, 6) is -1.000. The summed E-state index contributed by atoms with van der Waals surface area (Å²) in [5, 5.41) is 9.14. The van der Waals surface area contributed by atoms with Gasteiger partial charge in [0.25, 0.3) is 0 Å². The molecule has 0 fully saturated rings. The van der Waals surface area contributed by atoms with Crippen LogP contribution in [0.25, 0.3) is 0 Å². The van der Waals surface area contributed by atoms with Crippen molar-refractivity contribution in [2.24, 2.45) is 5.73 Å². The maximum Gasteiger partial charge on any atom is 0.332 e. The van der Waals surface area contributed by atoms with Crippen LogP contribution in [0.4, 0.5) is 0 Å². The van der Waals surface area contributed by atoms with Crippen LogP contribution < -0.4 is 11.0 Å². The third-order valence-electron chi connectivity index (χ3n) is 3.04. The van der Waals surface area contributed by atoms with Crippen LogP contribution in [0.15, 0.2) is 54.6 Å². The Hall–Kier alpha value is -1.70. The van der Waals surface area contributed by atoms with Crippen LogP contribution in [0.1, 0.15) is 11.1 Å². The summed E-state index contributed by atoms with van der Waals surface area (Å²) in [4.78, 5) is 11.6. The number of benzene rings is 2. The first kappa shape index (κ1) is 13.7. The average Bonchev–Trinajstić information content (AvgIpc) is 2.42. The second kappa shape index (κ2) is 5.52. The van der Waals surface area contributed by atoms with E-state index in [0.717, 1.165) is 10.9 Å². The van der Waals surface area contributed by atoms with Crippen LogP contribution in [0.5, 0.6) is 0 Å². The maximum absolute atomic E-state index is 11.6. The minimum absolute atomic E-state index is 0.0166. The highest BCUT2D eigenvalue weighted by molar-refractivity contribution is 7.49. The van der Waals surface area contributed by atoms with Crippen LogP contribution in [0.2, 0.25) is 0 Å². The monoisotopic (exact) mass is 273 g/mol. The molecule has 3 nitrogen and oxygen atoms in total. The van der Waals surface area contributed by atoms with Gasteiger partial charge in [-0.1, -0.05) is 63.2 Å². The standard InChI is InChI=1S/C15H16NO2P/c1-11-7-5-6-10-13(11)19-15(16,14(17)18)12-8-3-2-4-9-12/h2-10,19H,16H2,1H3,(H,17,18)/t15-/m1/s1. The quantitative estimate of drug-likeness (QED) is 0.839. The number of aliphatic carboxylic acids is 1. The van der Waals surface area contributed by atoms with Crippen molar-refractivity contribution in [1.82, 2.24) is 0 Å². The Balaban J connectivity index is 2.42. The lowest BCUT2D eigenvalue weighted by Crippen LogP contribution is -2.42. The Morgan fingerprint density at radius 3 is 2.26 bits per heavy atom. The van der Waals surface area contributed by atoms with Crippen LogP contribution in [0.3, 0.4) is 0 Å². The van der Waals surface area contributed by atoms with Gasteiger partial charge in [-0.2, -0.15) is 0 Å². The first-order valence-corrected chi connectivity index (χ1v) is 6.95. The van der Waals surface area contributed by atoms with Gasteiger partial charge in [-0.25, -0.2) is 4.79 Å². The Morgan fingerprint density at radius 2 is 1.68 bits per heavy atom. The molecular formula is C15H16NO2P. The predicted octanol–water partition coefficient (Wildman–Crippen LogP) is 2.20. The Bertz CT molecular complexity index is 586. The van der Waals surface area contributed by atoms with Gasteiger partial charge in [-0.3, -0.25) is 0 Å². The first-order chi connectivity index (χ1) is 9.04. The molecule has 2 aromatic carbocycles. The van der Waals surface area contributed by atoms with Crippen molar-refractivity contribution in [3.05, 3.63) is 65.7 Å². The highest BCUT2D eigenvalue weighted by Gasteiger charge is 2.36. The first-order valence-electron chi connectivity index (χ1n) is 5.95. The average molecular weight is 273 g/mol. The van der Waals surface area contributed by atoms with Crippen LogP contribution in [0, 0.1) is 6.92 Å². The zero-order chi connectivity index (χ0) is 13.9. The number of carboxylic acid groups (broad SMARTS) is 1. The Morgan fingerprint density at radius 1 is 1.11 bits per heavy atom. The lowest BCUT2D eigenvalue weighted by Gasteiger charge is -2.26. The lowest BCUT2D eigenvalue weighted by atomic mass is 10.1. The predicted molar refractivity (Wildman–Crippen MR) is 79.1 cm³/mol. The SMILES string of the molecule is Cc1ccccc1P[C@@](N)(C(=O)O)c1ccccc1. The third kappa shape index (κ3) is 2.83. The van der Waals surface area contributed by atoms with E-state index in [-0.39, 0.29) is 8.58 Å². The summed E-state index contributed by atoms with van der Waals surface area (Å²) in [6, 6.07) is 16.7. The summed E-state index contributed by atoms with van der Waals surface area (Å²) in [6.07, 6.45) is 0. The van der Waals surface area contributed by atoms with Crippen molar-refractivity contribution in [3.8, 4) is 0 Å². The van der Waals surface area contributed by atoms with E-state index < -0.39 is 11.2 Å². The van der Waals surface area contributed by atoms with E-state index in [1.165, 1.54) is 0 Å². The molecule has 2 atom stereocenters. The molecule has 19 heavy (non-hydrogen) atoms. The second-order valence-electron chi connectivity index (χ2n) is 4.42. The van der Waals surface area contributed by atoms with Gasteiger partial charge in [0.1, 0.15) is 0 Å². The highest BCUT2D eigenvalue weighted by Crippen LogP contribution is 2.37. The molecule has 0 radical (unpaired) electrons. The molecule has 0 aliphatic rings. The number of rotatable bonds is 4. The van der Waals surface area contributed by atoms with E-state index in [9.17, 15) is 9.90 Å². The molecule has 3 N–H and O–H groups in total. The molecule has 0 aromatic heterocycles. The smallest absolute Gasteiger partial charge is 0.332 e. The zero-order valence-electron chi connectivity index (χ0n) is 10.6. The van der Waals surface area contributed by atoms with Crippen molar-refractivity contribution in [2.75, 3.05) is 0 Å². The number of carbonyl (C=O) groups is 1. The van der Waals surface area contributed by atoms with Gasteiger partial charge in [0.05, 0.1) is 0 Å². The molecule has 0 amide bonds. The summed E-state index contributed by atoms with van der Waals surface area (Å²) in [5.41, 5.74) is 7.87. The van der Waals surface area contributed by atoms with Gasteiger partial charge < -0.3 is 10.8 Å². The molecular weight excluding hydrogens is 257 g/mol. The van der Waals surface area contributed by atoms with Crippen molar-refractivity contribution >= 4 is 19.9 Å². The van der Waals surface area contributed by atoms with Gasteiger partial charge in [0, 0.05) is 0 Å². The van der Waals surface area contributed by atoms with E-state index >= 15 is 0 Å². The molecule has 1 unspecified atom stereocenters. The third-order valence-corrected chi connectivity index (χ3v) is 4.77. The van der Waals surface area contributed by atoms with E-state index in [2.05, 4.69) is 0 Å². The number of nitrogens with two attached hydrogens (primary N) is 1. The van der Waals surface area contributed by atoms with Gasteiger partial charge in [0.15, 0.2) is 5.28 Å². The zero-order valence-corrected chi connectivity index (χ0v) is 11.6. The number of hydrogen-bond acceptors (Lipinski definition) is 2. The number of hydrogen-bond donors (Lipinski definition) is 2. The maximum atomic E-state index is 11.6. The number of carboxylic acids is 1.